The molecule has 22 heavy (non-hydrogen) atoms. The van der Waals surface area contributed by atoms with Gasteiger partial charge < -0.3 is 16.4 Å². The third-order valence-corrected chi connectivity index (χ3v) is 3.37. The predicted molar refractivity (Wildman–Crippen MR) is 89.9 cm³/mol. The van der Waals surface area contributed by atoms with Gasteiger partial charge in [-0.1, -0.05) is 18.2 Å². The van der Waals surface area contributed by atoms with Crippen molar-refractivity contribution in [3.05, 3.63) is 53.7 Å². The Bertz CT molecular complexity index is 610. The average molecular weight is 298 g/mol. The molecule has 0 spiro atoms. The van der Waals surface area contributed by atoms with E-state index in [1.807, 2.05) is 43.3 Å². The van der Waals surface area contributed by atoms with Gasteiger partial charge in [0.05, 0.1) is 11.9 Å². The summed E-state index contributed by atoms with van der Waals surface area (Å²) in [5, 5.41) is 6.17. The van der Waals surface area contributed by atoms with E-state index < -0.39 is 0 Å². The van der Waals surface area contributed by atoms with Crippen molar-refractivity contribution in [2.75, 3.05) is 24.1 Å². The molecule has 1 aromatic carbocycles. The van der Waals surface area contributed by atoms with Crippen molar-refractivity contribution in [3.63, 3.8) is 0 Å². The van der Waals surface area contributed by atoms with E-state index in [0.717, 1.165) is 36.3 Å². The molecule has 5 nitrogen and oxygen atoms in total. The molecule has 2 aromatic rings. The fraction of sp³-hybridized carbons (Fsp3) is 0.294. The molecular weight excluding hydrogens is 276 g/mol. The first-order chi connectivity index (χ1) is 10.7. The number of hydrogen-bond donors (Lipinski definition) is 3. The lowest BCUT2D eigenvalue weighted by atomic mass is 10.1. The van der Waals surface area contributed by atoms with Crippen LogP contribution in [0.4, 0.5) is 11.5 Å². The van der Waals surface area contributed by atoms with Gasteiger partial charge >= 0.3 is 0 Å². The van der Waals surface area contributed by atoms with Crippen LogP contribution in [0.25, 0.3) is 0 Å². The van der Waals surface area contributed by atoms with Crippen LogP contribution in [0.5, 0.6) is 0 Å². The van der Waals surface area contributed by atoms with Crippen molar-refractivity contribution in [1.29, 1.82) is 0 Å². The van der Waals surface area contributed by atoms with E-state index in [4.69, 9.17) is 5.73 Å². The molecule has 1 aromatic heterocycles. The van der Waals surface area contributed by atoms with E-state index in [2.05, 4.69) is 15.6 Å². The first kappa shape index (κ1) is 15.8. The maximum atomic E-state index is 12.0. The highest BCUT2D eigenvalue weighted by Crippen LogP contribution is 2.07. The molecule has 5 heteroatoms. The number of aromatic nitrogens is 1. The third kappa shape index (κ3) is 4.77. The van der Waals surface area contributed by atoms with Crippen molar-refractivity contribution in [2.45, 2.75) is 19.8 Å². The van der Waals surface area contributed by atoms with Crippen LogP contribution in [0, 0.1) is 6.92 Å². The molecule has 0 fully saturated rings. The number of unbranched alkanes of at least 4 members (excludes halogenated alkanes) is 1. The van der Waals surface area contributed by atoms with E-state index in [9.17, 15) is 4.79 Å². The summed E-state index contributed by atoms with van der Waals surface area (Å²) < 4.78 is 0. The zero-order chi connectivity index (χ0) is 15.8. The number of pyridine rings is 1. The number of anilines is 2. The Morgan fingerprint density at radius 2 is 1.91 bits per heavy atom. The number of nitrogens with one attached hydrogen (secondary N) is 2. The number of nitrogens with two attached hydrogens (primary N) is 1. The average Bonchev–Trinajstić information content (AvgIpc) is 2.52. The second-order valence-corrected chi connectivity index (χ2v) is 5.18. The summed E-state index contributed by atoms with van der Waals surface area (Å²) in [4.78, 5) is 16.2. The molecule has 0 unspecified atom stereocenters. The molecule has 1 amide bonds. The first-order valence-corrected chi connectivity index (χ1v) is 7.46. The molecule has 2 rings (SSSR count). The molecule has 1 heterocycles. The lowest BCUT2D eigenvalue weighted by molar-refractivity contribution is 0.0952. The Labute approximate surface area is 130 Å². The summed E-state index contributed by atoms with van der Waals surface area (Å²) in [6.45, 7) is 3.43. The molecule has 0 bridgehead atoms. The van der Waals surface area contributed by atoms with E-state index in [1.54, 1.807) is 6.20 Å². The van der Waals surface area contributed by atoms with Crippen molar-refractivity contribution in [1.82, 2.24) is 10.3 Å². The van der Waals surface area contributed by atoms with Crippen LogP contribution >= 0.6 is 0 Å². The molecular formula is C17H22N4O. The summed E-state index contributed by atoms with van der Waals surface area (Å²) >= 11 is 0. The van der Waals surface area contributed by atoms with Gasteiger partial charge in [-0.05, 0) is 43.5 Å². The van der Waals surface area contributed by atoms with Crippen LogP contribution in [0.3, 0.4) is 0 Å². The van der Waals surface area contributed by atoms with Crippen molar-refractivity contribution in [3.8, 4) is 0 Å². The van der Waals surface area contributed by atoms with Crippen molar-refractivity contribution in [2.24, 2.45) is 0 Å². The number of carbonyl (C=O) groups is 1. The Morgan fingerprint density at radius 3 is 2.64 bits per heavy atom. The number of nitrogen functional groups attached to an aromatic ring is 1. The minimum absolute atomic E-state index is 0.00809. The van der Waals surface area contributed by atoms with Gasteiger partial charge in [-0.15, -0.1) is 0 Å². The molecule has 0 saturated heterocycles. The highest BCUT2D eigenvalue weighted by atomic mass is 16.1. The summed E-state index contributed by atoms with van der Waals surface area (Å²) in [5.74, 6) is 0.810. The predicted octanol–water partition coefficient (Wildman–Crippen LogP) is 2.59. The van der Waals surface area contributed by atoms with Crippen LogP contribution < -0.4 is 16.4 Å². The lowest BCUT2D eigenvalue weighted by Gasteiger charge is -2.08. The Balaban J connectivity index is 1.62. The van der Waals surface area contributed by atoms with E-state index in [1.165, 1.54) is 0 Å². The minimum atomic E-state index is -0.00809. The quantitative estimate of drug-likeness (QED) is 0.686. The maximum absolute atomic E-state index is 12.0. The number of rotatable bonds is 7. The molecule has 4 N–H and O–H groups in total. The van der Waals surface area contributed by atoms with Gasteiger partial charge in [0.1, 0.15) is 5.82 Å². The molecule has 0 radical (unpaired) electrons. The highest BCUT2D eigenvalue weighted by molar-refractivity contribution is 5.95. The van der Waals surface area contributed by atoms with Crippen molar-refractivity contribution < 1.29 is 4.79 Å². The zero-order valence-electron chi connectivity index (χ0n) is 12.8. The molecule has 0 aliphatic rings. The Hall–Kier alpha value is -2.56. The highest BCUT2D eigenvalue weighted by Gasteiger charge is 2.06. The number of hydrogen-bond acceptors (Lipinski definition) is 4. The van der Waals surface area contributed by atoms with Crippen LogP contribution in [-0.4, -0.2) is 24.0 Å². The van der Waals surface area contributed by atoms with Gasteiger partial charge in [0.15, 0.2) is 0 Å². The summed E-state index contributed by atoms with van der Waals surface area (Å²) in [6.07, 6.45) is 3.50. The summed E-state index contributed by atoms with van der Waals surface area (Å²) in [6, 6.07) is 11.3. The largest absolute Gasteiger partial charge is 0.397 e. The van der Waals surface area contributed by atoms with Gasteiger partial charge in [0.25, 0.3) is 5.91 Å². The normalized spacial score (nSPS) is 10.2. The second-order valence-electron chi connectivity index (χ2n) is 5.18. The van der Waals surface area contributed by atoms with Crippen LogP contribution in [-0.2, 0) is 0 Å². The number of amides is 1. The third-order valence-electron chi connectivity index (χ3n) is 3.37. The van der Waals surface area contributed by atoms with E-state index >= 15 is 0 Å². The van der Waals surface area contributed by atoms with Crippen molar-refractivity contribution >= 4 is 17.4 Å². The SMILES string of the molecule is Cc1ccccc1C(=O)NCCCCNc1ccc(N)cn1. The topological polar surface area (TPSA) is 80.0 Å². The fourth-order valence-electron chi connectivity index (χ4n) is 2.10. The lowest BCUT2D eigenvalue weighted by Crippen LogP contribution is -2.25. The van der Waals surface area contributed by atoms with Crippen LogP contribution in [0.2, 0.25) is 0 Å². The van der Waals surface area contributed by atoms with Gasteiger partial charge in [-0.2, -0.15) is 0 Å². The van der Waals surface area contributed by atoms with Crippen LogP contribution in [0.15, 0.2) is 42.6 Å². The van der Waals surface area contributed by atoms with E-state index in [0.29, 0.717) is 12.2 Å². The monoisotopic (exact) mass is 298 g/mol. The van der Waals surface area contributed by atoms with Gasteiger partial charge in [-0.3, -0.25) is 4.79 Å². The van der Waals surface area contributed by atoms with Gasteiger partial charge in [0, 0.05) is 18.7 Å². The van der Waals surface area contributed by atoms with Gasteiger partial charge in [-0.25, -0.2) is 4.98 Å². The number of nitrogens with zero attached hydrogens (tertiary/aromatic N) is 1. The first-order valence-electron chi connectivity index (χ1n) is 7.46. The fourth-order valence-corrected chi connectivity index (χ4v) is 2.10. The molecule has 116 valence electrons. The number of aryl methyl sites for hydroxylation is 1. The smallest absolute Gasteiger partial charge is 0.251 e. The molecule has 0 atom stereocenters. The molecule has 0 aliphatic carbocycles. The maximum Gasteiger partial charge on any atom is 0.251 e. The standard InChI is InChI=1S/C17H22N4O/c1-13-6-2-3-7-15(13)17(22)20-11-5-4-10-19-16-9-8-14(18)12-21-16/h2-3,6-9,12H,4-5,10-11,18H2,1H3,(H,19,21)(H,20,22). The number of benzene rings is 1. The zero-order valence-corrected chi connectivity index (χ0v) is 12.8. The Morgan fingerprint density at radius 1 is 1.14 bits per heavy atom. The molecule has 0 saturated carbocycles. The number of carbonyl (C=O) groups excluding carboxylic acids is 1. The minimum Gasteiger partial charge on any atom is -0.397 e. The van der Waals surface area contributed by atoms with E-state index in [-0.39, 0.29) is 5.91 Å². The van der Waals surface area contributed by atoms with Crippen LogP contribution in [0.1, 0.15) is 28.8 Å². The molecule has 0 aliphatic heterocycles. The summed E-state index contributed by atoms with van der Waals surface area (Å²) in [7, 11) is 0. The van der Waals surface area contributed by atoms with Gasteiger partial charge in [0.2, 0.25) is 0 Å². The summed E-state index contributed by atoms with van der Waals surface area (Å²) in [5.41, 5.74) is 7.97. The Kier molecular flexibility index (Phi) is 5.77. The second kappa shape index (κ2) is 8.02.